The molecular weight excluding hydrogens is 560 g/mol. The Hall–Kier alpha value is -4.37. The van der Waals surface area contributed by atoms with Crippen molar-refractivity contribution >= 4 is 23.2 Å². The summed E-state index contributed by atoms with van der Waals surface area (Å²) in [5, 5.41) is 0. The van der Waals surface area contributed by atoms with Crippen LogP contribution in [-0.2, 0) is 10.8 Å². The van der Waals surface area contributed by atoms with Crippen LogP contribution in [0.3, 0.4) is 0 Å². The fraction of sp³-hybridized carbons (Fsp3) is 0.326. The van der Waals surface area contributed by atoms with Gasteiger partial charge in [-0.05, 0) is 113 Å². The zero-order valence-electron chi connectivity index (χ0n) is 29.0. The smallest absolute Gasteiger partial charge is 0.209 e. The number of nitrogens with zero attached hydrogens (tertiary/aromatic N) is 2. The molecule has 3 aromatic rings. The van der Waals surface area contributed by atoms with Gasteiger partial charge in [0.25, 0.3) is 0 Å². The number of anilines is 1. The lowest BCUT2D eigenvalue weighted by molar-refractivity contribution is -0.433. The van der Waals surface area contributed by atoms with Crippen molar-refractivity contribution in [3.05, 3.63) is 142 Å². The summed E-state index contributed by atoms with van der Waals surface area (Å²) in [6, 6.07) is 21.9. The number of hydrogen-bond donors (Lipinski definition) is 0. The molecule has 0 aromatic heterocycles. The number of hydrogen-bond acceptors (Lipinski definition) is 2. The zero-order chi connectivity index (χ0) is 32.8. The molecule has 236 valence electrons. The lowest BCUT2D eigenvalue weighted by Gasteiger charge is -2.26. The number of fused-ring (bicyclic) bond motifs is 2. The van der Waals surface area contributed by atoms with E-state index in [0.717, 1.165) is 43.0 Å². The molecule has 2 heterocycles. The van der Waals surface area contributed by atoms with E-state index in [2.05, 4.69) is 144 Å². The predicted octanol–water partition coefficient (Wildman–Crippen LogP) is 10.7. The Morgan fingerprint density at radius 1 is 0.826 bits per heavy atom. The van der Waals surface area contributed by atoms with Crippen LogP contribution in [0.2, 0.25) is 0 Å². The molecule has 2 aliphatic heterocycles. The van der Waals surface area contributed by atoms with Crippen LogP contribution in [0.15, 0.2) is 114 Å². The normalized spacial score (nSPS) is 20.0. The summed E-state index contributed by atoms with van der Waals surface area (Å²) in [4.78, 5) is 2.47. The minimum Gasteiger partial charge on any atom is -0.457 e. The quantitative estimate of drug-likeness (QED) is 0.236. The summed E-state index contributed by atoms with van der Waals surface area (Å²) >= 11 is 0. The summed E-state index contributed by atoms with van der Waals surface area (Å²) < 4.78 is 9.23. The first kappa shape index (κ1) is 31.6. The van der Waals surface area contributed by atoms with Gasteiger partial charge in [0.2, 0.25) is 5.69 Å². The van der Waals surface area contributed by atoms with Gasteiger partial charge in [0.15, 0.2) is 5.71 Å². The molecule has 3 nitrogen and oxygen atoms in total. The number of allylic oxidation sites excluding steroid dienone is 7. The standard InChI is InChI=1S/C43H49N2O/c1-10-31-15-21-34(22-16-31)46-41-32(19-25-39-42(6,7)35-27-29(4)13-23-37(35)44(39)11-2)17-18-33(41)20-26-40-43(8,9)36-28-30(5)14-24-38(36)45(40)12-3/h10,13-16,19-28H,1,11-12,17-18H2,2-9H3/q+1. The highest BCUT2D eigenvalue weighted by Gasteiger charge is 2.44. The third kappa shape index (κ3) is 5.40. The molecule has 1 aliphatic carbocycles. The number of aryl methyl sites for hydroxylation is 2. The van der Waals surface area contributed by atoms with Gasteiger partial charge in [-0.25, -0.2) is 0 Å². The monoisotopic (exact) mass is 609 g/mol. The maximum absolute atomic E-state index is 6.76. The van der Waals surface area contributed by atoms with Crippen molar-refractivity contribution in [1.29, 1.82) is 0 Å². The van der Waals surface area contributed by atoms with E-state index < -0.39 is 0 Å². The topological polar surface area (TPSA) is 15.5 Å². The fourth-order valence-electron chi connectivity index (χ4n) is 7.56. The van der Waals surface area contributed by atoms with Gasteiger partial charge in [-0.2, -0.15) is 4.58 Å². The second-order valence-corrected chi connectivity index (χ2v) is 14.0. The Balaban J connectivity index is 1.42. The molecule has 0 saturated carbocycles. The first-order chi connectivity index (χ1) is 22.0. The molecule has 0 atom stereocenters. The molecule has 6 rings (SSSR count). The van der Waals surface area contributed by atoms with E-state index in [1.54, 1.807) is 0 Å². The molecule has 0 unspecified atom stereocenters. The fourth-order valence-corrected chi connectivity index (χ4v) is 7.56. The molecule has 0 spiro atoms. The van der Waals surface area contributed by atoms with Crippen LogP contribution >= 0.6 is 0 Å². The van der Waals surface area contributed by atoms with E-state index in [1.807, 2.05) is 18.2 Å². The van der Waals surface area contributed by atoms with Gasteiger partial charge in [0.1, 0.15) is 18.1 Å². The lowest BCUT2D eigenvalue weighted by Crippen LogP contribution is -2.27. The van der Waals surface area contributed by atoms with Gasteiger partial charge in [0, 0.05) is 41.1 Å². The van der Waals surface area contributed by atoms with Gasteiger partial charge in [-0.1, -0.05) is 74.0 Å². The van der Waals surface area contributed by atoms with E-state index in [-0.39, 0.29) is 10.8 Å². The van der Waals surface area contributed by atoms with Gasteiger partial charge < -0.3 is 9.64 Å². The average Bonchev–Trinajstić information content (AvgIpc) is 3.59. The highest BCUT2D eigenvalue weighted by molar-refractivity contribution is 6.03. The minimum absolute atomic E-state index is 0.0807. The second kappa shape index (κ2) is 12.1. The largest absolute Gasteiger partial charge is 0.457 e. The molecule has 0 saturated heterocycles. The van der Waals surface area contributed by atoms with E-state index in [4.69, 9.17) is 4.74 Å². The second-order valence-electron chi connectivity index (χ2n) is 14.0. The van der Waals surface area contributed by atoms with Crippen molar-refractivity contribution in [2.45, 2.75) is 79.1 Å². The number of rotatable bonds is 8. The molecule has 46 heavy (non-hydrogen) atoms. The summed E-state index contributed by atoms with van der Waals surface area (Å²) in [5.41, 5.74) is 14.1. The number of likely N-dealkylation sites (N-methyl/N-ethyl adjacent to an activating group) is 1. The Morgan fingerprint density at radius 2 is 1.52 bits per heavy atom. The molecular formula is C43H49N2O+. The van der Waals surface area contributed by atoms with Crippen molar-refractivity contribution in [2.24, 2.45) is 0 Å². The molecule has 0 bridgehead atoms. The van der Waals surface area contributed by atoms with Crippen LogP contribution in [0.4, 0.5) is 11.4 Å². The Morgan fingerprint density at radius 3 is 2.20 bits per heavy atom. The molecule has 0 fully saturated rings. The van der Waals surface area contributed by atoms with Crippen molar-refractivity contribution in [1.82, 2.24) is 0 Å². The number of benzene rings is 3. The molecule has 3 aromatic carbocycles. The molecule has 0 amide bonds. The maximum Gasteiger partial charge on any atom is 0.209 e. The highest BCUT2D eigenvalue weighted by atomic mass is 16.5. The van der Waals surface area contributed by atoms with Gasteiger partial charge in [-0.3, -0.25) is 0 Å². The third-order valence-corrected chi connectivity index (χ3v) is 10.2. The molecule has 0 radical (unpaired) electrons. The Kier molecular flexibility index (Phi) is 8.31. The van der Waals surface area contributed by atoms with E-state index >= 15 is 0 Å². The van der Waals surface area contributed by atoms with Crippen LogP contribution in [0.25, 0.3) is 6.08 Å². The van der Waals surface area contributed by atoms with Crippen LogP contribution < -0.4 is 9.64 Å². The van der Waals surface area contributed by atoms with Gasteiger partial charge in [-0.15, -0.1) is 0 Å². The SMILES string of the molecule is C=Cc1ccc(OC2=C(C=CC3=[N+](CC)c4ccc(C)cc4C3(C)C)CCC2=CC=C2N(CC)c3ccc(C)cc3C2(C)C)cc1. The molecule has 3 heteroatoms. The van der Waals surface area contributed by atoms with Gasteiger partial charge in [0.05, 0.1) is 5.41 Å². The van der Waals surface area contributed by atoms with Crippen molar-refractivity contribution in [3.8, 4) is 5.75 Å². The Labute approximate surface area is 276 Å². The third-order valence-electron chi connectivity index (χ3n) is 10.2. The van der Waals surface area contributed by atoms with Crippen LogP contribution in [0, 0.1) is 13.8 Å². The van der Waals surface area contributed by atoms with Crippen molar-refractivity contribution < 1.29 is 9.31 Å². The summed E-state index contributed by atoms with van der Waals surface area (Å²) in [5.74, 6) is 1.82. The van der Waals surface area contributed by atoms with Crippen LogP contribution in [0.1, 0.15) is 82.2 Å². The van der Waals surface area contributed by atoms with Crippen molar-refractivity contribution in [3.63, 3.8) is 0 Å². The van der Waals surface area contributed by atoms with E-state index in [1.165, 1.54) is 56.2 Å². The Bertz CT molecular complexity index is 1860. The first-order valence-corrected chi connectivity index (χ1v) is 16.9. The first-order valence-electron chi connectivity index (χ1n) is 16.9. The summed E-state index contributed by atoms with van der Waals surface area (Å²) in [6.07, 6.45) is 13.1. The summed E-state index contributed by atoms with van der Waals surface area (Å²) in [6.45, 7) is 24.0. The van der Waals surface area contributed by atoms with E-state index in [9.17, 15) is 0 Å². The van der Waals surface area contributed by atoms with Crippen LogP contribution in [0.5, 0.6) is 5.75 Å². The zero-order valence-corrected chi connectivity index (χ0v) is 29.0. The van der Waals surface area contributed by atoms with Crippen LogP contribution in [-0.4, -0.2) is 23.4 Å². The average molecular weight is 610 g/mol. The lowest BCUT2D eigenvalue weighted by atomic mass is 9.80. The maximum atomic E-state index is 6.76. The van der Waals surface area contributed by atoms with E-state index in [0.29, 0.717) is 0 Å². The summed E-state index contributed by atoms with van der Waals surface area (Å²) in [7, 11) is 0. The van der Waals surface area contributed by atoms with Crippen molar-refractivity contribution in [2.75, 3.05) is 18.0 Å². The molecule has 0 N–H and O–H groups in total. The van der Waals surface area contributed by atoms with Gasteiger partial charge >= 0.3 is 0 Å². The molecule has 3 aliphatic rings. The number of ether oxygens (including phenoxy) is 1. The highest BCUT2D eigenvalue weighted by Crippen LogP contribution is 2.48. The minimum atomic E-state index is -0.0807. The predicted molar refractivity (Wildman–Crippen MR) is 196 cm³/mol.